The Hall–Kier alpha value is -0.890. The molecule has 0 amide bonds. The molecule has 0 aliphatic heterocycles. The van der Waals surface area contributed by atoms with Gasteiger partial charge in [-0.1, -0.05) is 18.2 Å². The molecule has 0 spiro atoms. The standard InChI is InChI=1S/C18H28N4S.HI/c1-13-7-6-8-15-14(11-21-16(13)15)9-10-20-17(19-4)22-12-18(2,3)23-5;/h6-8,11,21H,9-10,12H2,1-5H3,(H2,19,20,22);1H. The smallest absolute Gasteiger partial charge is 0.191 e. The number of nitrogens with one attached hydrogen (secondary N) is 3. The van der Waals surface area contributed by atoms with Crippen molar-refractivity contribution >= 4 is 52.6 Å². The number of hydrogen-bond donors (Lipinski definition) is 3. The van der Waals surface area contributed by atoms with Crippen LogP contribution in [0, 0.1) is 6.92 Å². The van der Waals surface area contributed by atoms with Crippen molar-refractivity contribution in [3.8, 4) is 0 Å². The molecule has 1 aromatic heterocycles. The van der Waals surface area contributed by atoms with Crippen LogP contribution in [0.3, 0.4) is 0 Å². The van der Waals surface area contributed by atoms with E-state index in [2.05, 4.69) is 72.0 Å². The summed E-state index contributed by atoms with van der Waals surface area (Å²) in [7, 11) is 1.82. The zero-order valence-corrected chi connectivity index (χ0v) is 18.3. The van der Waals surface area contributed by atoms with Crippen LogP contribution in [0.25, 0.3) is 10.9 Å². The topological polar surface area (TPSA) is 52.2 Å². The number of aromatic nitrogens is 1. The largest absolute Gasteiger partial charge is 0.361 e. The van der Waals surface area contributed by atoms with Crippen molar-refractivity contribution < 1.29 is 0 Å². The molecule has 4 nitrogen and oxygen atoms in total. The molecule has 0 bridgehead atoms. The second kappa shape index (κ2) is 9.56. The van der Waals surface area contributed by atoms with Crippen molar-refractivity contribution in [3.05, 3.63) is 35.5 Å². The molecule has 1 heterocycles. The van der Waals surface area contributed by atoms with E-state index in [1.165, 1.54) is 22.0 Å². The number of aliphatic imine (C=N–C) groups is 1. The van der Waals surface area contributed by atoms with Crippen LogP contribution in [0.2, 0.25) is 0 Å². The SMILES string of the molecule is CN=C(NCCc1c[nH]c2c(C)cccc12)NCC(C)(C)SC.I. The van der Waals surface area contributed by atoms with Crippen LogP contribution in [0.5, 0.6) is 0 Å². The zero-order chi connectivity index (χ0) is 16.9. The lowest BCUT2D eigenvalue weighted by atomic mass is 10.1. The number of nitrogens with zero attached hydrogens (tertiary/aromatic N) is 1. The number of halogens is 1. The van der Waals surface area contributed by atoms with Crippen LogP contribution in [0.1, 0.15) is 25.0 Å². The molecule has 0 unspecified atom stereocenters. The summed E-state index contributed by atoms with van der Waals surface area (Å²) in [5, 5.41) is 8.11. The summed E-state index contributed by atoms with van der Waals surface area (Å²) in [5.74, 6) is 0.864. The monoisotopic (exact) mass is 460 g/mol. The predicted molar refractivity (Wildman–Crippen MR) is 119 cm³/mol. The van der Waals surface area contributed by atoms with Gasteiger partial charge in [-0.15, -0.1) is 24.0 Å². The first-order valence-corrected chi connectivity index (χ1v) is 9.24. The second-order valence-electron chi connectivity index (χ2n) is 6.38. The van der Waals surface area contributed by atoms with E-state index in [9.17, 15) is 0 Å². The lowest BCUT2D eigenvalue weighted by Crippen LogP contribution is -2.43. The van der Waals surface area contributed by atoms with Crippen LogP contribution in [0.15, 0.2) is 29.4 Å². The van der Waals surface area contributed by atoms with Gasteiger partial charge >= 0.3 is 0 Å². The van der Waals surface area contributed by atoms with Crippen molar-refractivity contribution in [2.75, 3.05) is 26.4 Å². The van der Waals surface area contributed by atoms with Crippen LogP contribution < -0.4 is 10.6 Å². The van der Waals surface area contributed by atoms with Gasteiger partial charge in [-0.05, 0) is 44.6 Å². The van der Waals surface area contributed by atoms with Gasteiger partial charge in [-0.3, -0.25) is 4.99 Å². The van der Waals surface area contributed by atoms with Gasteiger partial charge in [0.1, 0.15) is 0 Å². The first kappa shape index (κ1) is 21.2. The molecule has 0 aliphatic rings. The Morgan fingerprint density at radius 1 is 1.29 bits per heavy atom. The minimum absolute atomic E-state index is 0. The third-order valence-electron chi connectivity index (χ3n) is 4.15. The molecule has 0 aliphatic carbocycles. The summed E-state index contributed by atoms with van der Waals surface area (Å²) in [6.45, 7) is 8.35. The molecule has 134 valence electrons. The summed E-state index contributed by atoms with van der Waals surface area (Å²) in [5.41, 5.74) is 3.88. The Kier molecular flexibility index (Phi) is 8.42. The predicted octanol–water partition coefficient (Wildman–Crippen LogP) is 3.94. The fraction of sp³-hybridized carbons (Fsp3) is 0.500. The average molecular weight is 460 g/mol. The van der Waals surface area contributed by atoms with Gasteiger partial charge in [-0.2, -0.15) is 11.8 Å². The average Bonchev–Trinajstić information content (AvgIpc) is 2.95. The lowest BCUT2D eigenvalue weighted by molar-refractivity contribution is 0.664. The first-order valence-electron chi connectivity index (χ1n) is 8.02. The van der Waals surface area contributed by atoms with Crippen LogP contribution >= 0.6 is 35.7 Å². The van der Waals surface area contributed by atoms with Crippen LogP contribution in [-0.2, 0) is 6.42 Å². The molecule has 0 saturated carbocycles. The van der Waals surface area contributed by atoms with E-state index in [-0.39, 0.29) is 28.7 Å². The summed E-state index contributed by atoms with van der Waals surface area (Å²) >= 11 is 1.85. The van der Waals surface area contributed by atoms with Crippen molar-refractivity contribution in [2.45, 2.75) is 31.9 Å². The van der Waals surface area contributed by atoms with E-state index in [0.29, 0.717) is 0 Å². The number of hydrogen-bond acceptors (Lipinski definition) is 2. The van der Waals surface area contributed by atoms with E-state index in [0.717, 1.165) is 25.5 Å². The molecule has 2 aromatic rings. The summed E-state index contributed by atoms with van der Waals surface area (Å²) < 4.78 is 0.200. The van der Waals surface area contributed by atoms with E-state index < -0.39 is 0 Å². The maximum Gasteiger partial charge on any atom is 0.191 e. The highest BCUT2D eigenvalue weighted by Gasteiger charge is 2.16. The highest BCUT2D eigenvalue weighted by atomic mass is 127. The third-order valence-corrected chi connectivity index (χ3v) is 5.40. The van der Waals surface area contributed by atoms with Crippen molar-refractivity contribution in [1.29, 1.82) is 0 Å². The van der Waals surface area contributed by atoms with Gasteiger partial charge in [0, 0.05) is 42.0 Å². The van der Waals surface area contributed by atoms with E-state index in [1.54, 1.807) is 0 Å². The summed E-state index contributed by atoms with van der Waals surface area (Å²) in [4.78, 5) is 7.68. The summed E-state index contributed by atoms with van der Waals surface area (Å²) in [6.07, 6.45) is 5.22. The fourth-order valence-electron chi connectivity index (χ4n) is 2.48. The molecule has 6 heteroatoms. The van der Waals surface area contributed by atoms with Gasteiger partial charge < -0.3 is 15.6 Å². The zero-order valence-electron chi connectivity index (χ0n) is 15.2. The Morgan fingerprint density at radius 3 is 2.71 bits per heavy atom. The number of rotatable bonds is 6. The number of H-pyrrole nitrogens is 1. The molecule has 0 saturated heterocycles. The molecule has 1 aromatic carbocycles. The lowest BCUT2D eigenvalue weighted by Gasteiger charge is -2.23. The number of thioether (sulfide) groups is 1. The molecule has 0 atom stereocenters. The van der Waals surface area contributed by atoms with Gasteiger partial charge in [0.2, 0.25) is 0 Å². The van der Waals surface area contributed by atoms with E-state index >= 15 is 0 Å². The maximum absolute atomic E-state index is 4.30. The number of para-hydroxylation sites is 1. The van der Waals surface area contributed by atoms with Crippen molar-refractivity contribution in [3.63, 3.8) is 0 Å². The summed E-state index contributed by atoms with van der Waals surface area (Å²) in [6, 6.07) is 6.44. The normalized spacial score (nSPS) is 12.1. The Morgan fingerprint density at radius 2 is 2.04 bits per heavy atom. The second-order valence-corrected chi connectivity index (χ2v) is 7.89. The minimum atomic E-state index is 0. The number of benzene rings is 1. The first-order chi connectivity index (χ1) is 11.0. The number of fused-ring (bicyclic) bond motifs is 1. The Labute approximate surface area is 166 Å². The highest BCUT2D eigenvalue weighted by Crippen LogP contribution is 2.21. The molecule has 3 N–H and O–H groups in total. The molecule has 0 radical (unpaired) electrons. The van der Waals surface area contributed by atoms with E-state index in [1.807, 2.05) is 18.8 Å². The van der Waals surface area contributed by atoms with Gasteiger partial charge in [-0.25, -0.2) is 0 Å². The Bertz CT molecular complexity index is 679. The quantitative estimate of drug-likeness (QED) is 0.348. The minimum Gasteiger partial charge on any atom is -0.361 e. The van der Waals surface area contributed by atoms with Crippen molar-refractivity contribution in [1.82, 2.24) is 15.6 Å². The van der Waals surface area contributed by atoms with Crippen LogP contribution in [0.4, 0.5) is 0 Å². The fourth-order valence-corrected chi connectivity index (χ4v) is 2.69. The molecule has 0 fully saturated rings. The van der Waals surface area contributed by atoms with Gasteiger partial charge in [0.05, 0.1) is 0 Å². The molecular formula is C18H29IN4S. The highest BCUT2D eigenvalue weighted by molar-refractivity contribution is 14.0. The number of aryl methyl sites for hydroxylation is 1. The molecular weight excluding hydrogens is 431 g/mol. The maximum atomic E-state index is 4.30. The van der Waals surface area contributed by atoms with Gasteiger partial charge in [0.15, 0.2) is 5.96 Å². The number of aromatic amines is 1. The molecule has 2 rings (SSSR count). The number of guanidine groups is 1. The van der Waals surface area contributed by atoms with Crippen molar-refractivity contribution in [2.24, 2.45) is 4.99 Å². The van der Waals surface area contributed by atoms with Crippen LogP contribution in [-0.4, -0.2) is 42.1 Å². The molecule has 24 heavy (non-hydrogen) atoms. The Balaban J connectivity index is 0.00000288. The van der Waals surface area contributed by atoms with E-state index in [4.69, 9.17) is 0 Å². The van der Waals surface area contributed by atoms with Gasteiger partial charge in [0.25, 0.3) is 0 Å². The third kappa shape index (κ3) is 5.58.